The SMILES string of the molecule is CC(C)Cc1nc2c([nH]1)C(=O)C(=O)C1=CC(C)CC=C12. The molecule has 0 saturated heterocycles. The third kappa shape index (κ3) is 1.96. The van der Waals surface area contributed by atoms with Crippen molar-refractivity contribution in [3.8, 4) is 0 Å². The lowest BCUT2D eigenvalue weighted by atomic mass is 9.81. The molecule has 1 N–H and O–H groups in total. The lowest BCUT2D eigenvalue weighted by Crippen LogP contribution is -2.26. The number of imidazole rings is 1. The van der Waals surface area contributed by atoms with E-state index in [0.29, 0.717) is 28.8 Å². The third-order valence-electron chi connectivity index (χ3n) is 3.72. The van der Waals surface area contributed by atoms with Crippen molar-refractivity contribution < 1.29 is 9.59 Å². The van der Waals surface area contributed by atoms with Crippen LogP contribution in [-0.4, -0.2) is 21.5 Å². The highest BCUT2D eigenvalue weighted by atomic mass is 16.2. The minimum absolute atomic E-state index is 0.293. The molecule has 0 fully saturated rings. The second-order valence-corrected chi connectivity index (χ2v) is 6.07. The van der Waals surface area contributed by atoms with Crippen LogP contribution in [0.5, 0.6) is 0 Å². The van der Waals surface area contributed by atoms with Crippen molar-refractivity contribution in [2.75, 3.05) is 0 Å². The summed E-state index contributed by atoms with van der Waals surface area (Å²) in [5.41, 5.74) is 2.38. The number of Topliss-reactive ketones (excluding diaryl/α,β-unsaturated/α-hetero) is 2. The molecular formula is C16H18N2O2. The minimum Gasteiger partial charge on any atom is -0.339 e. The Morgan fingerprint density at radius 3 is 2.75 bits per heavy atom. The summed E-state index contributed by atoms with van der Waals surface area (Å²) in [5, 5.41) is 0. The number of hydrogen-bond acceptors (Lipinski definition) is 3. The fraction of sp³-hybridized carbons (Fsp3) is 0.438. The van der Waals surface area contributed by atoms with Crippen molar-refractivity contribution in [1.29, 1.82) is 0 Å². The first-order valence-electron chi connectivity index (χ1n) is 7.08. The molecule has 0 saturated carbocycles. The van der Waals surface area contributed by atoms with Crippen LogP contribution in [0.25, 0.3) is 5.57 Å². The van der Waals surface area contributed by atoms with Crippen molar-refractivity contribution in [1.82, 2.24) is 9.97 Å². The second kappa shape index (κ2) is 4.54. The Hall–Kier alpha value is -1.97. The van der Waals surface area contributed by atoms with Gasteiger partial charge in [-0.3, -0.25) is 9.59 Å². The number of rotatable bonds is 2. The number of nitrogens with zero attached hydrogens (tertiary/aromatic N) is 1. The number of aromatic nitrogens is 2. The van der Waals surface area contributed by atoms with Crippen molar-refractivity contribution in [2.24, 2.45) is 11.8 Å². The largest absolute Gasteiger partial charge is 0.339 e. The van der Waals surface area contributed by atoms with Gasteiger partial charge in [0, 0.05) is 17.6 Å². The molecule has 1 aromatic heterocycles. The molecule has 4 nitrogen and oxygen atoms in total. The summed E-state index contributed by atoms with van der Waals surface area (Å²) in [5.74, 6) is 0.659. The Morgan fingerprint density at radius 2 is 2.05 bits per heavy atom. The Labute approximate surface area is 118 Å². The van der Waals surface area contributed by atoms with E-state index in [2.05, 4.69) is 23.8 Å². The number of allylic oxidation sites excluding steroid dienone is 4. The lowest BCUT2D eigenvalue weighted by Gasteiger charge is -2.21. The molecule has 0 spiro atoms. The number of nitrogens with one attached hydrogen (secondary N) is 1. The summed E-state index contributed by atoms with van der Waals surface area (Å²) >= 11 is 0. The molecule has 0 amide bonds. The van der Waals surface area contributed by atoms with E-state index in [1.54, 1.807) is 0 Å². The average Bonchev–Trinajstić information content (AvgIpc) is 2.79. The van der Waals surface area contributed by atoms with Crippen LogP contribution >= 0.6 is 0 Å². The van der Waals surface area contributed by atoms with Crippen LogP contribution in [0.15, 0.2) is 17.7 Å². The first kappa shape index (κ1) is 13.0. The van der Waals surface area contributed by atoms with Crippen LogP contribution < -0.4 is 0 Å². The van der Waals surface area contributed by atoms with Gasteiger partial charge in [0.2, 0.25) is 5.78 Å². The number of carbonyl (C=O) groups excluding carboxylic acids is 2. The van der Waals surface area contributed by atoms with Gasteiger partial charge in [-0.05, 0) is 18.3 Å². The lowest BCUT2D eigenvalue weighted by molar-refractivity contribution is -0.111. The number of ketones is 2. The zero-order valence-electron chi connectivity index (χ0n) is 12.0. The van der Waals surface area contributed by atoms with E-state index in [1.165, 1.54) is 0 Å². The highest BCUT2D eigenvalue weighted by Gasteiger charge is 2.37. The van der Waals surface area contributed by atoms with Crippen LogP contribution in [-0.2, 0) is 11.2 Å². The first-order chi connectivity index (χ1) is 9.47. The van der Waals surface area contributed by atoms with Gasteiger partial charge in [0.1, 0.15) is 17.2 Å². The molecule has 1 heterocycles. The molecule has 4 heteroatoms. The molecule has 1 aromatic rings. The summed E-state index contributed by atoms with van der Waals surface area (Å²) in [6.07, 6.45) is 5.59. The predicted molar refractivity (Wildman–Crippen MR) is 76.3 cm³/mol. The maximum absolute atomic E-state index is 12.2. The molecule has 2 aliphatic carbocycles. The Morgan fingerprint density at radius 1 is 1.30 bits per heavy atom. The van der Waals surface area contributed by atoms with Crippen LogP contribution in [0.1, 0.15) is 49.2 Å². The number of hydrogen-bond donors (Lipinski definition) is 1. The fourth-order valence-corrected chi connectivity index (χ4v) is 2.78. The number of aromatic amines is 1. The van der Waals surface area contributed by atoms with Gasteiger partial charge >= 0.3 is 0 Å². The molecule has 0 aromatic carbocycles. The van der Waals surface area contributed by atoms with Gasteiger partial charge in [0.15, 0.2) is 0 Å². The summed E-state index contributed by atoms with van der Waals surface area (Å²) in [6.45, 7) is 6.24. The third-order valence-corrected chi connectivity index (χ3v) is 3.72. The number of carbonyl (C=O) groups is 2. The average molecular weight is 270 g/mol. The second-order valence-electron chi connectivity index (χ2n) is 6.07. The van der Waals surface area contributed by atoms with E-state index < -0.39 is 11.6 Å². The summed E-state index contributed by atoms with van der Waals surface area (Å²) in [4.78, 5) is 32.0. The normalized spacial score (nSPS) is 21.5. The van der Waals surface area contributed by atoms with Crippen LogP contribution in [0.2, 0.25) is 0 Å². The first-order valence-corrected chi connectivity index (χ1v) is 7.08. The Bertz CT molecular complexity index is 662. The van der Waals surface area contributed by atoms with E-state index in [9.17, 15) is 9.59 Å². The van der Waals surface area contributed by atoms with Crippen molar-refractivity contribution in [3.05, 3.63) is 34.9 Å². The quantitative estimate of drug-likeness (QED) is 0.840. The zero-order valence-corrected chi connectivity index (χ0v) is 12.0. The maximum Gasteiger partial charge on any atom is 0.251 e. The van der Waals surface area contributed by atoms with Gasteiger partial charge in [-0.25, -0.2) is 4.98 Å². The van der Waals surface area contributed by atoms with Crippen LogP contribution in [0.3, 0.4) is 0 Å². The van der Waals surface area contributed by atoms with E-state index in [-0.39, 0.29) is 0 Å². The molecule has 3 rings (SSSR count). The number of fused-ring (bicyclic) bond motifs is 3. The van der Waals surface area contributed by atoms with Gasteiger partial charge in [0.25, 0.3) is 5.78 Å². The topological polar surface area (TPSA) is 62.8 Å². The van der Waals surface area contributed by atoms with Gasteiger partial charge < -0.3 is 4.98 Å². The Kier molecular flexibility index (Phi) is 2.96. The van der Waals surface area contributed by atoms with Crippen molar-refractivity contribution >= 4 is 17.1 Å². The summed E-state index contributed by atoms with van der Waals surface area (Å²) in [7, 11) is 0. The van der Waals surface area contributed by atoms with E-state index in [4.69, 9.17) is 0 Å². The molecule has 0 bridgehead atoms. The van der Waals surface area contributed by atoms with E-state index in [1.807, 2.05) is 19.1 Å². The molecule has 20 heavy (non-hydrogen) atoms. The summed E-state index contributed by atoms with van der Waals surface area (Å²) < 4.78 is 0. The predicted octanol–water partition coefficient (Wildman–Crippen LogP) is 2.72. The summed E-state index contributed by atoms with van der Waals surface area (Å²) in [6, 6.07) is 0. The number of H-pyrrole nitrogens is 1. The molecule has 2 aliphatic rings. The zero-order chi connectivity index (χ0) is 14.4. The highest BCUT2D eigenvalue weighted by Crippen LogP contribution is 2.36. The monoisotopic (exact) mass is 270 g/mol. The van der Waals surface area contributed by atoms with Gasteiger partial charge in [0.05, 0.1) is 0 Å². The standard InChI is InChI=1S/C16H18N2O2/c1-8(2)6-12-17-13-10-5-4-9(3)7-11(10)15(19)16(20)14(13)18-12/h5,7-9H,4,6H2,1-3H3,(H,17,18). The minimum atomic E-state index is -0.458. The molecular weight excluding hydrogens is 252 g/mol. The van der Waals surface area contributed by atoms with Crippen molar-refractivity contribution in [3.63, 3.8) is 0 Å². The molecule has 1 atom stereocenters. The van der Waals surface area contributed by atoms with Crippen molar-refractivity contribution in [2.45, 2.75) is 33.6 Å². The van der Waals surface area contributed by atoms with Gasteiger partial charge in [-0.1, -0.05) is 32.9 Å². The molecule has 1 unspecified atom stereocenters. The maximum atomic E-state index is 12.2. The van der Waals surface area contributed by atoms with Gasteiger partial charge in [-0.2, -0.15) is 0 Å². The fourth-order valence-electron chi connectivity index (χ4n) is 2.78. The smallest absolute Gasteiger partial charge is 0.251 e. The van der Waals surface area contributed by atoms with E-state index in [0.717, 1.165) is 24.2 Å². The highest BCUT2D eigenvalue weighted by molar-refractivity contribution is 6.54. The molecule has 0 radical (unpaired) electrons. The molecule has 0 aliphatic heterocycles. The molecule has 104 valence electrons. The van der Waals surface area contributed by atoms with Gasteiger partial charge in [-0.15, -0.1) is 0 Å². The van der Waals surface area contributed by atoms with Crippen LogP contribution in [0, 0.1) is 11.8 Å². The van der Waals surface area contributed by atoms with Crippen LogP contribution in [0.4, 0.5) is 0 Å². The Balaban J connectivity index is 2.11. The van der Waals surface area contributed by atoms with E-state index >= 15 is 0 Å².